The Morgan fingerprint density at radius 1 is 0.480 bits per heavy atom. The minimum Gasteiger partial charge on any atom is -0.172 e. The van der Waals surface area contributed by atoms with Gasteiger partial charge in [-0.3, -0.25) is 0 Å². The molecule has 0 fully saturated rings. The summed E-state index contributed by atoms with van der Waals surface area (Å²) in [4.78, 5) is 0. The molecule has 6 aromatic rings. The van der Waals surface area contributed by atoms with E-state index in [-0.39, 0.29) is 0 Å². The van der Waals surface area contributed by atoms with E-state index in [0.29, 0.717) is 0 Å². The minimum absolute atomic E-state index is 1.01. The number of rotatable bonds is 0. The molecule has 0 radical (unpaired) electrons. The van der Waals surface area contributed by atoms with Crippen molar-refractivity contribution >= 4 is 65.9 Å². The first kappa shape index (κ1) is 13.3. The maximum absolute atomic E-state index is 4.68. The van der Waals surface area contributed by atoms with Gasteiger partial charge in [-0.2, -0.15) is 8.75 Å². The molecule has 0 amide bonds. The summed E-state index contributed by atoms with van der Waals surface area (Å²) in [5, 5.41) is 9.89. The van der Waals surface area contributed by atoms with Crippen molar-refractivity contribution in [1.82, 2.24) is 8.75 Å². The van der Waals surface area contributed by atoms with Crippen molar-refractivity contribution in [3.05, 3.63) is 72.8 Å². The van der Waals surface area contributed by atoms with Gasteiger partial charge in [-0.05, 0) is 32.3 Å². The Kier molecular flexibility index (Phi) is 2.52. The Bertz CT molecular complexity index is 1340. The Balaban J connectivity index is 2.03. The summed E-state index contributed by atoms with van der Waals surface area (Å²) in [6, 6.07) is 25.9. The molecular weight excluding hydrogens is 324 g/mol. The quantitative estimate of drug-likeness (QED) is 0.304. The molecule has 1 aromatic heterocycles. The average Bonchev–Trinajstić information content (AvgIpc) is 3.16. The summed E-state index contributed by atoms with van der Waals surface area (Å²) < 4.78 is 9.37. The Morgan fingerprint density at radius 2 is 0.960 bits per heavy atom. The number of nitrogens with zero attached hydrogens (tertiary/aromatic N) is 2. The molecule has 116 valence electrons. The van der Waals surface area contributed by atoms with Crippen LogP contribution in [0.3, 0.4) is 0 Å². The normalized spacial score (nSPS) is 12.0. The monoisotopic (exact) mass is 336 g/mol. The molecule has 0 bridgehead atoms. The highest BCUT2D eigenvalue weighted by Crippen LogP contribution is 2.40. The molecule has 5 aromatic carbocycles. The molecule has 0 saturated heterocycles. The molecule has 25 heavy (non-hydrogen) atoms. The number of hydrogen-bond acceptors (Lipinski definition) is 3. The highest BCUT2D eigenvalue weighted by molar-refractivity contribution is 7.00. The van der Waals surface area contributed by atoms with Crippen molar-refractivity contribution in [2.45, 2.75) is 0 Å². The second-order valence-electron chi connectivity index (χ2n) is 6.38. The van der Waals surface area contributed by atoms with Gasteiger partial charge in [0.2, 0.25) is 0 Å². The molecule has 6 rings (SSSR count). The number of hydrogen-bond donors (Lipinski definition) is 0. The Morgan fingerprint density at radius 3 is 1.48 bits per heavy atom. The van der Waals surface area contributed by atoms with E-state index in [0.717, 1.165) is 11.0 Å². The van der Waals surface area contributed by atoms with Gasteiger partial charge in [0, 0.05) is 10.8 Å². The van der Waals surface area contributed by atoms with Crippen molar-refractivity contribution in [3.63, 3.8) is 0 Å². The van der Waals surface area contributed by atoms with Crippen LogP contribution in [0.1, 0.15) is 0 Å². The summed E-state index contributed by atoms with van der Waals surface area (Å²) in [5.74, 6) is 0. The van der Waals surface area contributed by atoms with Crippen LogP contribution in [0.15, 0.2) is 72.8 Å². The maximum atomic E-state index is 4.68. The fourth-order valence-corrected chi connectivity index (χ4v) is 4.58. The lowest BCUT2D eigenvalue weighted by Crippen LogP contribution is -1.86. The first-order valence-electron chi connectivity index (χ1n) is 8.29. The molecule has 2 nitrogen and oxygen atoms in total. The predicted octanol–water partition coefficient (Wildman–Crippen LogP) is 6.30. The molecule has 0 N–H and O–H groups in total. The van der Waals surface area contributed by atoms with Crippen LogP contribution in [-0.4, -0.2) is 8.75 Å². The van der Waals surface area contributed by atoms with E-state index >= 15 is 0 Å². The van der Waals surface area contributed by atoms with Gasteiger partial charge in [0.1, 0.15) is 11.0 Å². The lowest BCUT2D eigenvalue weighted by Gasteiger charge is -2.11. The lowest BCUT2D eigenvalue weighted by molar-refractivity contribution is 1.71. The summed E-state index contributed by atoms with van der Waals surface area (Å²) in [6.07, 6.45) is 0. The van der Waals surface area contributed by atoms with E-state index in [1.807, 2.05) is 0 Å². The second-order valence-corrected chi connectivity index (χ2v) is 6.91. The summed E-state index contributed by atoms with van der Waals surface area (Å²) >= 11 is 1.30. The van der Waals surface area contributed by atoms with Crippen LogP contribution >= 0.6 is 11.7 Å². The zero-order chi connectivity index (χ0) is 16.4. The molecule has 0 spiro atoms. The molecule has 1 heterocycles. The SMILES string of the molecule is c1ccc2c(c1)ccc1c3ccc4ccccc4c3c3nsnc3c21. The Hall–Kier alpha value is -3.04. The minimum atomic E-state index is 1.01. The molecule has 0 atom stereocenters. The van der Waals surface area contributed by atoms with Crippen molar-refractivity contribution in [3.8, 4) is 0 Å². The molecule has 0 unspecified atom stereocenters. The van der Waals surface area contributed by atoms with Crippen LogP contribution < -0.4 is 0 Å². The number of fused-ring (bicyclic) bond motifs is 10. The third kappa shape index (κ3) is 1.68. The van der Waals surface area contributed by atoms with E-state index < -0.39 is 0 Å². The largest absolute Gasteiger partial charge is 0.172 e. The lowest BCUT2D eigenvalue weighted by atomic mass is 9.93. The van der Waals surface area contributed by atoms with E-state index in [9.17, 15) is 0 Å². The molecule has 0 aliphatic rings. The van der Waals surface area contributed by atoms with Gasteiger partial charge in [-0.25, -0.2) is 0 Å². The topological polar surface area (TPSA) is 25.8 Å². The van der Waals surface area contributed by atoms with Gasteiger partial charge in [0.25, 0.3) is 0 Å². The van der Waals surface area contributed by atoms with Gasteiger partial charge < -0.3 is 0 Å². The molecule has 0 aliphatic carbocycles. The summed E-state index contributed by atoms with van der Waals surface area (Å²) in [7, 11) is 0. The van der Waals surface area contributed by atoms with Gasteiger partial charge >= 0.3 is 0 Å². The zero-order valence-corrected chi connectivity index (χ0v) is 14.0. The smallest absolute Gasteiger partial charge is 0.113 e. The summed E-state index contributed by atoms with van der Waals surface area (Å²) in [6.45, 7) is 0. The van der Waals surface area contributed by atoms with Gasteiger partial charge in [0.15, 0.2) is 0 Å². The third-order valence-electron chi connectivity index (χ3n) is 5.11. The average molecular weight is 336 g/mol. The van der Waals surface area contributed by atoms with E-state index in [2.05, 4.69) is 81.5 Å². The summed E-state index contributed by atoms with van der Waals surface area (Å²) in [5.41, 5.74) is 2.03. The van der Waals surface area contributed by atoms with E-state index in [1.54, 1.807) is 0 Å². The van der Waals surface area contributed by atoms with Crippen molar-refractivity contribution in [1.29, 1.82) is 0 Å². The van der Waals surface area contributed by atoms with Crippen molar-refractivity contribution in [2.24, 2.45) is 0 Å². The first-order valence-corrected chi connectivity index (χ1v) is 9.02. The second kappa shape index (κ2) is 4.74. The highest BCUT2D eigenvalue weighted by Gasteiger charge is 2.15. The Labute approximate surface area is 147 Å². The van der Waals surface area contributed by atoms with Crippen LogP contribution in [0.4, 0.5) is 0 Å². The zero-order valence-electron chi connectivity index (χ0n) is 13.2. The third-order valence-corrected chi connectivity index (χ3v) is 5.64. The molecular formula is C22H12N2S. The first-order chi connectivity index (χ1) is 12.4. The van der Waals surface area contributed by atoms with Crippen LogP contribution in [0.25, 0.3) is 54.1 Å². The van der Waals surface area contributed by atoms with E-state index in [4.69, 9.17) is 0 Å². The number of aromatic nitrogens is 2. The molecule has 0 aliphatic heterocycles. The van der Waals surface area contributed by atoms with Gasteiger partial charge in [0.05, 0.1) is 11.7 Å². The molecule has 0 saturated carbocycles. The standard InChI is InChI=1S/C22H12N2S/c1-3-7-15-13(5-1)9-11-17-18-12-10-14-6-2-4-8-16(14)20(18)22-21(19(15)17)23-25-24-22/h1-12H. The predicted molar refractivity (Wildman–Crippen MR) is 107 cm³/mol. The van der Waals surface area contributed by atoms with Crippen LogP contribution in [0.2, 0.25) is 0 Å². The van der Waals surface area contributed by atoms with Crippen molar-refractivity contribution in [2.75, 3.05) is 0 Å². The number of benzene rings is 5. The van der Waals surface area contributed by atoms with Crippen LogP contribution in [-0.2, 0) is 0 Å². The van der Waals surface area contributed by atoms with Crippen LogP contribution in [0, 0.1) is 0 Å². The molecule has 3 heteroatoms. The van der Waals surface area contributed by atoms with Gasteiger partial charge in [-0.1, -0.05) is 72.8 Å². The van der Waals surface area contributed by atoms with Crippen LogP contribution in [0.5, 0.6) is 0 Å². The van der Waals surface area contributed by atoms with Gasteiger partial charge in [-0.15, -0.1) is 0 Å². The fraction of sp³-hybridized carbons (Fsp3) is 0. The van der Waals surface area contributed by atoms with Crippen molar-refractivity contribution < 1.29 is 0 Å². The fourth-order valence-electron chi connectivity index (χ4n) is 4.02. The van der Waals surface area contributed by atoms with E-state index in [1.165, 1.54) is 54.8 Å². The highest BCUT2D eigenvalue weighted by atomic mass is 32.1. The maximum Gasteiger partial charge on any atom is 0.113 e.